The van der Waals surface area contributed by atoms with Gasteiger partial charge in [0.25, 0.3) is 0 Å². The SMILES string of the molecule is CCCC(=O)N(CCOC)CC1CCN(Cc2ccccc2OC)CC1. The molecule has 1 fully saturated rings. The minimum absolute atomic E-state index is 0.265. The summed E-state index contributed by atoms with van der Waals surface area (Å²) in [7, 11) is 3.42. The van der Waals surface area contributed by atoms with E-state index in [0.717, 1.165) is 51.2 Å². The molecule has 1 aliphatic rings. The summed E-state index contributed by atoms with van der Waals surface area (Å²) >= 11 is 0. The van der Waals surface area contributed by atoms with Crippen LogP contribution in [-0.4, -0.2) is 62.7 Å². The van der Waals surface area contributed by atoms with E-state index in [-0.39, 0.29) is 5.91 Å². The Labute approximate surface area is 158 Å². The van der Waals surface area contributed by atoms with E-state index < -0.39 is 0 Å². The number of rotatable bonds is 10. The molecule has 1 heterocycles. The molecule has 0 atom stereocenters. The summed E-state index contributed by atoms with van der Waals surface area (Å²) < 4.78 is 10.6. The fourth-order valence-electron chi connectivity index (χ4n) is 3.60. The van der Waals surface area contributed by atoms with Gasteiger partial charge in [0, 0.05) is 38.7 Å². The molecule has 1 aromatic carbocycles. The Balaban J connectivity index is 1.83. The van der Waals surface area contributed by atoms with Crippen molar-refractivity contribution in [2.45, 2.75) is 39.2 Å². The Hall–Kier alpha value is -1.59. The highest BCUT2D eigenvalue weighted by Gasteiger charge is 2.23. The molecule has 146 valence electrons. The molecule has 1 amide bonds. The number of ether oxygens (including phenoxy) is 2. The summed E-state index contributed by atoms with van der Waals surface area (Å²) in [6.07, 6.45) is 3.81. The number of benzene rings is 1. The number of hydrogen-bond acceptors (Lipinski definition) is 4. The summed E-state index contributed by atoms with van der Waals surface area (Å²) in [6.45, 7) is 7.32. The van der Waals surface area contributed by atoms with E-state index in [2.05, 4.69) is 24.0 Å². The maximum Gasteiger partial charge on any atom is 0.222 e. The van der Waals surface area contributed by atoms with Crippen LogP contribution in [0.4, 0.5) is 0 Å². The molecule has 0 unspecified atom stereocenters. The molecule has 0 aromatic heterocycles. The number of piperidine rings is 1. The van der Waals surface area contributed by atoms with E-state index in [1.807, 2.05) is 17.0 Å². The second-order valence-corrected chi connectivity index (χ2v) is 7.11. The average molecular weight is 363 g/mol. The Kier molecular flexibility index (Phi) is 8.92. The lowest BCUT2D eigenvalue weighted by atomic mass is 9.95. The molecule has 5 heteroatoms. The number of carbonyl (C=O) groups excluding carboxylic acids is 1. The number of likely N-dealkylation sites (tertiary alicyclic amines) is 1. The third kappa shape index (κ3) is 6.29. The van der Waals surface area contributed by atoms with Gasteiger partial charge in [0.05, 0.1) is 13.7 Å². The van der Waals surface area contributed by atoms with Crippen LogP contribution in [0.15, 0.2) is 24.3 Å². The summed E-state index contributed by atoms with van der Waals surface area (Å²) in [4.78, 5) is 16.8. The van der Waals surface area contributed by atoms with Gasteiger partial charge >= 0.3 is 0 Å². The molecule has 0 radical (unpaired) electrons. The normalized spacial score (nSPS) is 15.8. The molecule has 0 spiro atoms. The van der Waals surface area contributed by atoms with Crippen LogP contribution < -0.4 is 4.74 Å². The van der Waals surface area contributed by atoms with Crippen LogP contribution >= 0.6 is 0 Å². The first-order valence-corrected chi connectivity index (χ1v) is 9.78. The monoisotopic (exact) mass is 362 g/mol. The molecule has 1 aliphatic heterocycles. The molecule has 0 N–H and O–H groups in total. The molecule has 0 aliphatic carbocycles. The molecular weight excluding hydrogens is 328 g/mol. The molecule has 0 bridgehead atoms. The Morgan fingerprint density at radius 1 is 1.23 bits per heavy atom. The number of para-hydroxylation sites is 1. The average Bonchev–Trinajstić information content (AvgIpc) is 2.67. The topological polar surface area (TPSA) is 42.0 Å². The zero-order chi connectivity index (χ0) is 18.8. The van der Waals surface area contributed by atoms with Gasteiger partial charge in [-0.15, -0.1) is 0 Å². The van der Waals surface area contributed by atoms with Gasteiger partial charge in [-0.3, -0.25) is 9.69 Å². The summed E-state index contributed by atoms with van der Waals surface area (Å²) in [5.41, 5.74) is 1.24. The molecule has 26 heavy (non-hydrogen) atoms. The van der Waals surface area contributed by atoms with Crippen LogP contribution in [0.3, 0.4) is 0 Å². The van der Waals surface area contributed by atoms with Crippen LogP contribution in [0.1, 0.15) is 38.2 Å². The highest BCUT2D eigenvalue weighted by Crippen LogP contribution is 2.24. The summed E-state index contributed by atoms with van der Waals surface area (Å²) in [5.74, 6) is 1.81. The number of hydrogen-bond donors (Lipinski definition) is 0. The molecule has 5 nitrogen and oxygen atoms in total. The van der Waals surface area contributed by atoms with Gasteiger partial charge in [0.2, 0.25) is 5.91 Å². The van der Waals surface area contributed by atoms with Crippen LogP contribution in [-0.2, 0) is 16.1 Å². The second-order valence-electron chi connectivity index (χ2n) is 7.11. The number of carbonyl (C=O) groups is 1. The largest absolute Gasteiger partial charge is 0.496 e. The Morgan fingerprint density at radius 3 is 2.62 bits per heavy atom. The van der Waals surface area contributed by atoms with Crippen molar-refractivity contribution in [3.63, 3.8) is 0 Å². The van der Waals surface area contributed by atoms with Crippen molar-refractivity contribution in [3.8, 4) is 5.75 Å². The van der Waals surface area contributed by atoms with E-state index in [1.54, 1.807) is 14.2 Å². The Morgan fingerprint density at radius 2 is 1.96 bits per heavy atom. The number of amides is 1. The molecular formula is C21H34N2O3. The van der Waals surface area contributed by atoms with E-state index in [4.69, 9.17) is 9.47 Å². The third-order valence-corrected chi connectivity index (χ3v) is 5.15. The minimum Gasteiger partial charge on any atom is -0.496 e. The van der Waals surface area contributed by atoms with Gasteiger partial charge in [-0.1, -0.05) is 25.1 Å². The van der Waals surface area contributed by atoms with Crippen molar-refractivity contribution in [3.05, 3.63) is 29.8 Å². The molecule has 0 saturated carbocycles. The zero-order valence-corrected chi connectivity index (χ0v) is 16.6. The van der Waals surface area contributed by atoms with Gasteiger partial charge in [-0.25, -0.2) is 0 Å². The van der Waals surface area contributed by atoms with Gasteiger partial charge in [-0.2, -0.15) is 0 Å². The lowest BCUT2D eigenvalue weighted by molar-refractivity contribution is -0.132. The van der Waals surface area contributed by atoms with E-state index >= 15 is 0 Å². The standard InChI is InChI=1S/C21H34N2O3/c1-4-7-21(24)23(14-15-25-2)16-18-10-12-22(13-11-18)17-19-8-5-6-9-20(19)26-3/h5-6,8-9,18H,4,7,10-17H2,1-3H3. The third-order valence-electron chi connectivity index (χ3n) is 5.15. The van der Waals surface area contributed by atoms with E-state index in [9.17, 15) is 4.79 Å². The summed E-state index contributed by atoms with van der Waals surface area (Å²) in [5, 5.41) is 0. The van der Waals surface area contributed by atoms with Gasteiger partial charge in [0.1, 0.15) is 5.75 Å². The van der Waals surface area contributed by atoms with Crippen molar-refractivity contribution in [1.82, 2.24) is 9.80 Å². The smallest absolute Gasteiger partial charge is 0.222 e. The molecule has 2 rings (SSSR count). The fraction of sp³-hybridized carbons (Fsp3) is 0.667. The van der Waals surface area contributed by atoms with Crippen LogP contribution in [0.5, 0.6) is 5.75 Å². The lowest BCUT2D eigenvalue weighted by Gasteiger charge is -2.35. The van der Waals surface area contributed by atoms with Crippen molar-refractivity contribution in [1.29, 1.82) is 0 Å². The highest BCUT2D eigenvalue weighted by molar-refractivity contribution is 5.76. The van der Waals surface area contributed by atoms with Crippen molar-refractivity contribution in [2.24, 2.45) is 5.92 Å². The molecule has 1 aromatic rings. The van der Waals surface area contributed by atoms with Crippen LogP contribution in [0.2, 0.25) is 0 Å². The van der Waals surface area contributed by atoms with E-state index in [0.29, 0.717) is 25.5 Å². The maximum atomic E-state index is 12.3. The van der Waals surface area contributed by atoms with Gasteiger partial charge in [-0.05, 0) is 44.3 Å². The van der Waals surface area contributed by atoms with Crippen molar-refractivity contribution >= 4 is 5.91 Å². The van der Waals surface area contributed by atoms with Crippen molar-refractivity contribution in [2.75, 3.05) is 47.0 Å². The van der Waals surface area contributed by atoms with Crippen LogP contribution in [0, 0.1) is 5.92 Å². The van der Waals surface area contributed by atoms with E-state index in [1.165, 1.54) is 5.56 Å². The number of nitrogens with zero attached hydrogens (tertiary/aromatic N) is 2. The van der Waals surface area contributed by atoms with Crippen LogP contribution in [0.25, 0.3) is 0 Å². The first-order valence-electron chi connectivity index (χ1n) is 9.78. The zero-order valence-electron chi connectivity index (χ0n) is 16.6. The predicted molar refractivity (Wildman–Crippen MR) is 104 cm³/mol. The number of methoxy groups -OCH3 is 2. The quantitative estimate of drug-likeness (QED) is 0.641. The first kappa shape index (κ1) is 20.7. The van der Waals surface area contributed by atoms with Gasteiger partial charge in [0.15, 0.2) is 0 Å². The first-order chi connectivity index (χ1) is 12.7. The fourth-order valence-corrected chi connectivity index (χ4v) is 3.60. The van der Waals surface area contributed by atoms with Gasteiger partial charge < -0.3 is 14.4 Å². The maximum absolute atomic E-state index is 12.3. The Bertz CT molecular complexity index is 542. The lowest BCUT2D eigenvalue weighted by Crippen LogP contribution is -2.41. The minimum atomic E-state index is 0.265. The predicted octanol–water partition coefficient (Wildman–Crippen LogP) is 3.18. The second kappa shape index (κ2) is 11.2. The highest BCUT2D eigenvalue weighted by atomic mass is 16.5. The van der Waals surface area contributed by atoms with Crippen molar-refractivity contribution < 1.29 is 14.3 Å². The summed E-state index contributed by atoms with van der Waals surface area (Å²) in [6, 6.07) is 8.24. The molecule has 1 saturated heterocycles.